The van der Waals surface area contributed by atoms with E-state index in [0.29, 0.717) is 11.8 Å². The van der Waals surface area contributed by atoms with E-state index in [-0.39, 0.29) is 11.8 Å². The van der Waals surface area contributed by atoms with E-state index in [9.17, 15) is 4.79 Å². The molecule has 2 heterocycles. The minimum absolute atomic E-state index is 0.0968. The molecule has 1 aromatic carbocycles. The van der Waals surface area contributed by atoms with Gasteiger partial charge in [-0.15, -0.1) is 0 Å². The lowest BCUT2D eigenvalue weighted by Crippen LogP contribution is -2.40. The first kappa shape index (κ1) is 14.6. The van der Waals surface area contributed by atoms with Crippen molar-refractivity contribution in [3.8, 4) is 0 Å². The molecule has 2 N–H and O–H groups in total. The van der Waals surface area contributed by atoms with Gasteiger partial charge in [-0.05, 0) is 25.3 Å². The van der Waals surface area contributed by atoms with Crippen molar-refractivity contribution < 1.29 is 9.32 Å². The number of carbonyl (C=O) groups is 1. The Morgan fingerprint density at radius 1 is 1.32 bits per heavy atom. The first-order valence-electron chi connectivity index (χ1n) is 7.71. The summed E-state index contributed by atoms with van der Waals surface area (Å²) in [6.45, 7) is 3.49. The van der Waals surface area contributed by atoms with Crippen molar-refractivity contribution in [3.05, 3.63) is 47.7 Å². The van der Waals surface area contributed by atoms with Crippen LogP contribution >= 0.6 is 0 Å². The number of rotatable bonds is 3. The van der Waals surface area contributed by atoms with Gasteiger partial charge < -0.3 is 15.2 Å². The van der Waals surface area contributed by atoms with Crippen molar-refractivity contribution in [2.45, 2.75) is 31.6 Å². The minimum atomic E-state index is -0.0968. The number of aromatic nitrogens is 1. The normalized spacial score (nSPS) is 17.4. The summed E-state index contributed by atoms with van der Waals surface area (Å²) in [5.74, 6) is 0.785. The number of nitrogen functional groups attached to an aromatic ring is 1. The van der Waals surface area contributed by atoms with Gasteiger partial charge in [-0.25, -0.2) is 0 Å². The second kappa shape index (κ2) is 6.22. The molecule has 2 aromatic rings. The van der Waals surface area contributed by atoms with Gasteiger partial charge in [0.15, 0.2) is 0 Å². The Balaban J connectivity index is 1.60. The van der Waals surface area contributed by atoms with Crippen molar-refractivity contribution in [2.24, 2.45) is 0 Å². The fraction of sp³-hybridized carbons (Fsp3) is 0.412. The van der Waals surface area contributed by atoms with Gasteiger partial charge in [-0.3, -0.25) is 4.79 Å². The summed E-state index contributed by atoms with van der Waals surface area (Å²) in [5.41, 5.74) is 7.54. The predicted molar refractivity (Wildman–Crippen MR) is 84.3 cm³/mol. The average molecular weight is 299 g/mol. The van der Waals surface area contributed by atoms with Crippen molar-refractivity contribution in [3.63, 3.8) is 0 Å². The Kier molecular flexibility index (Phi) is 4.13. The highest BCUT2D eigenvalue weighted by molar-refractivity contribution is 5.83. The molecule has 0 spiro atoms. The van der Waals surface area contributed by atoms with Gasteiger partial charge in [0.2, 0.25) is 11.8 Å². The highest BCUT2D eigenvalue weighted by atomic mass is 16.5. The van der Waals surface area contributed by atoms with Crippen LogP contribution in [0.1, 0.15) is 42.9 Å². The monoisotopic (exact) mass is 299 g/mol. The molecule has 1 aliphatic heterocycles. The highest BCUT2D eigenvalue weighted by Crippen LogP contribution is 2.29. The van der Waals surface area contributed by atoms with Crippen LogP contribution in [0.15, 0.2) is 40.9 Å². The largest absolute Gasteiger partial charge is 0.368 e. The van der Waals surface area contributed by atoms with Crippen LogP contribution < -0.4 is 5.73 Å². The minimum Gasteiger partial charge on any atom is -0.368 e. The zero-order valence-electron chi connectivity index (χ0n) is 12.7. The van der Waals surface area contributed by atoms with Crippen LogP contribution in [-0.4, -0.2) is 29.1 Å². The first-order chi connectivity index (χ1) is 10.6. The molecule has 0 radical (unpaired) electrons. The van der Waals surface area contributed by atoms with E-state index < -0.39 is 0 Å². The van der Waals surface area contributed by atoms with Crippen LogP contribution in [0.3, 0.4) is 0 Å². The Morgan fingerprint density at radius 3 is 2.59 bits per heavy atom. The smallest absolute Gasteiger partial charge is 0.229 e. The summed E-state index contributed by atoms with van der Waals surface area (Å²) in [6.07, 6.45) is 1.80. The molecule has 22 heavy (non-hydrogen) atoms. The average Bonchev–Trinajstić information content (AvgIpc) is 3.01. The van der Waals surface area contributed by atoms with Crippen molar-refractivity contribution in [1.29, 1.82) is 0 Å². The van der Waals surface area contributed by atoms with Gasteiger partial charge >= 0.3 is 0 Å². The lowest BCUT2D eigenvalue weighted by atomic mass is 9.92. The number of benzene rings is 1. The molecule has 1 atom stereocenters. The van der Waals surface area contributed by atoms with E-state index >= 15 is 0 Å². The maximum atomic E-state index is 12.6. The molecule has 0 bridgehead atoms. The number of likely N-dealkylation sites (tertiary alicyclic amines) is 1. The Labute approximate surface area is 130 Å². The van der Waals surface area contributed by atoms with Gasteiger partial charge in [0.25, 0.3) is 0 Å². The second-order valence-corrected chi connectivity index (χ2v) is 5.89. The Bertz CT molecular complexity index is 630. The number of hydrogen-bond donors (Lipinski definition) is 1. The summed E-state index contributed by atoms with van der Waals surface area (Å²) in [7, 11) is 0. The van der Waals surface area contributed by atoms with E-state index in [0.717, 1.165) is 37.2 Å². The fourth-order valence-corrected chi connectivity index (χ4v) is 3.05. The molecular formula is C17H21N3O2. The number of nitrogens with zero attached hydrogens (tertiary/aromatic N) is 2. The van der Waals surface area contributed by atoms with Crippen LogP contribution in [0.5, 0.6) is 0 Å². The number of carbonyl (C=O) groups excluding carboxylic acids is 1. The molecule has 1 fully saturated rings. The van der Waals surface area contributed by atoms with Crippen LogP contribution in [0, 0.1) is 0 Å². The molecular weight excluding hydrogens is 278 g/mol. The van der Waals surface area contributed by atoms with Crippen molar-refractivity contribution in [2.75, 3.05) is 18.8 Å². The third-order valence-corrected chi connectivity index (χ3v) is 4.44. The summed E-state index contributed by atoms with van der Waals surface area (Å²) in [5, 5.41) is 3.99. The molecule has 1 aliphatic rings. The SMILES string of the molecule is CC(C(=O)N1CCC(c2cc(N)on2)CC1)c1ccccc1. The zero-order chi connectivity index (χ0) is 15.5. The summed E-state index contributed by atoms with van der Waals surface area (Å²) in [6, 6.07) is 11.7. The Morgan fingerprint density at radius 2 is 2.00 bits per heavy atom. The molecule has 116 valence electrons. The number of nitrogens with two attached hydrogens (primary N) is 1. The molecule has 5 heteroatoms. The maximum Gasteiger partial charge on any atom is 0.229 e. The number of hydrogen-bond acceptors (Lipinski definition) is 4. The zero-order valence-corrected chi connectivity index (χ0v) is 12.7. The molecule has 1 saturated heterocycles. The number of piperidine rings is 1. The lowest BCUT2D eigenvalue weighted by Gasteiger charge is -2.33. The van der Waals surface area contributed by atoms with E-state index in [4.69, 9.17) is 10.3 Å². The molecule has 3 rings (SSSR count). The highest BCUT2D eigenvalue weighted by Gasteiger charge is 2.28. The van der Waals surface area contributed by atoms with Gasteiger partial charge in [0, 0.05) is 25.1 Å². The molecule has 1 aromatic heterocycles. The standard InChI is InChI=1S/C17H21N3O2/c1-12(13-5-3-2-4-6-13)17(21)20-9-7-14(8-10-20)15-11-16(18)22-19-15/h2-6,11-12,14H,7-10,18H2,1H3. The van der Waals surface area contributed by atoms with Crippen LogP contribution in [0.25, 0.3) is 0 Å². The van der Waals surface area contributed by atoms with E-state index in [1.54, 1.807) is 6.07 Å². The van der Waals surface area contributed by atoms with Gasteiger partial charge in [-0.1, -0.05) is 35.5 Å². The van der Waals surface area contributed by atoms with E-state index in [2.05, 4.69) is 5.16 Å². The molecule has 1 amide bonds. The third-order valence-electron chi connectivity index (χ3n) is 4.44. The topological polar surface area (TPSA) is 72.4 Å². The van der Waals surface area contributed by atoms with Crippen LogP contribution in [0.2, 0.25) is 0 Å². The second-order valence-electron chi connectivity index (χ2n) is 5.89. The van der Waals surface area contributed by atoms with E-state index in [1.807, 2.05) is 42.2 Å². The van der Waals surface area contributed by atoms with Gasteiger partial charge in [0.05, 0.1) is 11.6 Å². The van der Waals surface area contributed by atoms with Crippen LogP contribution in [-0.2, 0) is 4.79 Å². The predicted octanol–water partition coefficient (Wildman–Crippen LogP) is 2.77. The number of amides is 1. The summed E-state index contributed by atoms with van der Waals surface area (Å²) < 4.78 is 4.94. The van der Waals surface area contributed by atoms with Crippen molar-refractivity contribution >= 4 is 11.8 Å². The van der Waals surface area contributed by atoms with Crippen LogP contribution in [0.4, 0.5) is 5.88 Å². The quantitative estimate of drug-likeness (QED) is 0.946. The van der Waals surface area contributed by atoms with Crippen molar-refractivity contribution in [1.82, 2.24) is 10.1 Å². The molecule has 0 aliphatic carbocycles. The maximum absolute atomic E-state index is 12.6. The van der Waals surface area contributed by atoms with Gasteiger partial charge in [0.1, 0.15) is 0 Å². The molecule has 1 unspecified atom stereocenters. The Hall–Kier alpha value is -2.30. The number of anilines is 1. The molecule has 5 nitrogen and oxygen atoms in total. The summed E-state index contributed by atoms with van der Waals surface area (Å²) in [4.78, 5) is 14.6. The lowest BCUT2D eigenvalue weighted by molar-refractivity contribution is -0.133. The third kappa shape index (κ3) is 2.98. The fourth-order valence-electron chi connectivity index (χ4n) is 3.05. The summed E-state index contributed by atoms with van der Waals surface area (Å²) >= 11 is 0. The first-order valence-corrected chi connectivity index (χ1v) is 7.71. The van der Waals surface area contributed by atoms with E-state index in [1.165, 1.54) is 0 Å². The molecule has 0 saturated carbocycles. The van der Waals surface area contributed by atoms with Gasteiger partial charge in [-0.2, -0.15) is 0 Å².